The van der Waals surface area contributed by atoms with E-state index in [-0.39, 0.29) is 0 Å². The van der Waals surface area contributed by atoms with Gasteiger partial charge in [0.25, 0.3) is 0 Å². The van der Waals surface area contributed by atoms with Crippen molar-refractivity contribution in [3.05, 3.63) is 0 Å². The molecule has 22 heavy (non-hydrogen) atoms. The predicted octanol–water partition coefficient (Wildman–Crippen LogP) is 0.208. The van der Waals surface area contributed by atoms with E-state index in [0.29, 0.717) is 0 Å². The molecule has 0 aromatic carbocycles. The number of rotatable bonds is 6. The fraction of sp³-hybridized carbons (Fsp3) is 0.615. The van der Waals surface area contributed by atoms with Crippen molar-refractivity contribution in [2.45, 2.75) is 0 Å². The van der Waals surface area contributed by atoms with Crippen LogP contribution in [-0.4, -0.2) is 64.3 Å². The standard InChI is InChI=1S/C8H20N2O.5CN.Fe/c1-9(2)5-7-11-8-6-10(3)4;5*1-2;/h5-8H2,1-4H3;;;;;;. The first-order chi connectivity index (χ1) is 10.2. The van der Waals surface area contributed by atoms with Gasteiger partial charge >= 0.3 is 62.9 Å². The summed E-state index contributed by atoms with van der Waals surface area (Å²) >= 11 is -4.78. The van der Waals surface area contributed by atoms with E-state index in [2.05, 4.69) is 38.0 Å². The van der Waals surface area contributed by atoms with Crippen LogP contribution in [0, 0.1) is 51.1 Å². The van der Waals surface area contributed by atoms with Crippen molar-refractivity contribution < 1.29 is 16.5 Å². The summed E-state index contributed by atoms with van der Waals surface area (Å²) in [5.74, 6) is 0. The van der Waals surface area contributed by atoms with Gasteiger partial charge in [-0.05, 0) is 28.2 Å². The van der Waals surface area contributed by atoms with E-state index in [1.54, 1.807) is 0 Å². The molecular formula is C13H20FeN7O. The van der Waals surface area contributed by atoms with Gasteiger partial charge in [0.15, 0.2) is 0 Å². The van der Waals surface area contributed by atoms with Crippen molar-refractivity contribution in [2.24, 2.45) is 0 Å². The molecule has 0 saturated heterocycles. The molecule has 121 valence electrons. The third kappa shape index (κ3) is 7.58. The van der Waals surface area contributed by atoms with Crippen molar-refractivity contribution in [1.82, 2.24) is 9.80 Å². The molecule has 0 aliphatic rings. The van der Waals surface area contributed by atoms with E-state index in [4.69, 9.17) is 31.0 Å². The topological polar surface area (TPSA) is 135 Å². The van der Waals surface area contributed by atoms with Crippen LogP contribution in [0.1, 0.15) is 0 Å². The van der Waals surface area contributed by atoms with Gasteiger partial charge in [-0.15, -0.1) is 0 Å². The number of hydrogen-bond donors (Lipinski definition) is 0. The third-order valence-electron chi connectivity index (χ3n) is 2.16. The minimum atomic E-state index is -4.78. The molecule has 0 bridgehead atoms. The van der Waals surface area contributed by atoms with Crippen molar-refractivity contribution in [2.75, 3.05) is 54.5 Å². The summed E-state index contributed by atoms with van der Waals surface area (Å²) in [6.45, 7) is 3.68. The second-order valence-electron chi connectivity index (χ2n) is 4.50. The minimum absolute atomic E-state index is 0.834. The molecule has 0 rings (SSSR count). The first-order valence-electron chi connectivity index (χ1n) is 6.00. The Kier molecular flexibility index (Phi) is 10.6. The fourth-order valence-corrected chi connectivity index (χ4v) is 1.33. The summed E-state index contributed by atoms with van der Waals surface area (Å²) in [5.41, 5.74) is 0. The molecule has 0 amide bonds. The van der Waals surface area contributed by atoms with Crippen molar-refractivity contribution >= 4 is 0 Å². The second-order valence-corrected chi connectivity index (χ2v) is 8.49. The van der Waals surface area contributed by atoms with Crippen LogP contribution in [-0.2, 0) is 16.5 Å². The molecule has 8 nitrogen and oxygen atoms in total. The zero-order valence-electron chi connectivity index (χ0n) is 13.2. The van der Waals surface area contributed by atoms with Crippen LogP contribution in [0.3, 0.4) is 0 Å². The fourth-order valence-electron chi connectivity index (χ4n) is 0.773. The van der Waals surface area contributed by atoms with E-state index < -0.39 is 11.8 Å². The van der Waals surface area contributed by atoms with Crippen LogP contribution in [0.15, 0.2) is 0 Å². The van der Waals surface area contributed by atoms with Crippen molar-refractivity contribution in [3.63, 3.8) is 0 Å². The Balaban J connectivity index is 0. The summed E-state index contributed by atoms with van der Waals surface area (Å²) in [7, 11) is 8.20. The van der Waals surface area contributed by atoms with Crippen LogP contribution in [0.25, 0.3) is 0 Å². The van der Waals surface area contributed by atoms with Crippen LogP contribution in [0.4, 0.5) is 0 Å². The normalized spacial score (nSPS) is 11.4. The molecule has 0 aromatic heterocycles. The van der Waals surface area contributed by atoms with E-state index >= 15 is 0 Å². The molecule has 0 aliphatic heterocycles. The van der Waals surface area contributed by atoms with Gasteiger partial charge in [-0.2, -0.15) is 0 Å². The van der Waals surface area contributed by atoms with Gasteiger partial charge in [-0.1, -0.05) is 0 Å². The molecule has 0 unspecified atom stereocenters. The Morgan fingerprint density at radius 1 is 0.682 bits per heavy atom. The number of nitrogens with zero attached hydrogens (tertiary/aromatic N) is 7. The second kappa shape index (κ2) is 10.6. The first kappa shape index (κ1) is 22.1. The predicted molar refractivity (Wildman–Crippen MR) is 76.0 cm³/mol. The Morgan fingerprint density at radius 3 is 1.09 bits per heavy atom. The van der Waals surface area contributed by atoms with Gasteiger partial charge < -0.3 is 14.5 Å². The Morgan fingerprint density at radius 2 is 0.955 bits per heavy atom. The average Bonchev–Trinajstić information content (AvgIpc) is 2.51. The van der Waals surface area contributed by atoms with Gasteiger partial charge in [0.2, 0.25) is 0 Å². The Hall–Kier alpha value is -2.15. The zero-order chi connectivity index (χ0) is 17.7. The quantitative estimate of drug-likeness (QED) is 0.492. The SMILES string of the molecule is CN(C)CCOCCN(C)C.N#[C][Fe]([C]#N)([C]#N)([C]#N)[C]#N. The van der Waals surface area contributed by atoms with E-state index in [9.17, 15) is 0 Å². The van der Waals surface area contributed by atoms with Gasteiger partial charge in [0.1, 0.15) is 0 Å². The van der Waals surface area contributed by atoms with E-state index in [1.807, 2.05) is 0 Å². The molecule has 0 radical (unpaired) electrons. The molecule has 0 aromatic rings. The van der Waals surface area contributed by atoms with Gasteiger partial charge in [0.05, 0.1) is 13.2 Å². The summed E-state index contributed by atoms with van der Waals surface area (Å²) in [6.07, 6.45) is 0. The summed E-state index contributed by atoms with van der Waals surface area (Å²) in [5, 5.41) is 41.8. The summed E-state index contributed by atoms with van der Waals surface area (Å²) in [6, 6.07) is 0. The van der Waals surface area contributed by atoms with Gasteiger partial charge in [-0.25, -0.2) is 0 Å². The molecule has 0 atom stereocenters. The average molecular weight is 346 g/mol. The number of hydrogen-bond acceptors (Lipinski definition) is 8. The molecule has 0 N–H and O–H groups in total. The van der Waals surface area contributed by atoms with Crippen LogP contribution in [0.5, 0.6) is 0 Å². The summed E-state index contributed by atoms with van der Waals surface area (Å²) < 4.78 is 5.37. The Labute approximate surface area is 132 Å². The van der Waals surface area contributed by atoms with Crippen molar-refractivity contribution in [3.8, 4) is 24.8 Å². The number of ether oxygens (including phenoxy) is 1. The van der Waals surface area contributed by atoms with Crippen molar-refractivity contribution in [1.29, 1.82) is 26.3 Å². The van der Waals surface area contributed by atoms with Gasteiger partial charge in [-0.3, -0.25) is 0 Å². The molecule has 0 aliphatic carbocycles. The van der Waals surface area contributed by atoms with Gasteiger partial charge in [0, 0.05) is 13.1 Å². The first-order valence-corrected chi connectivity index (χ1v) is 8.76. The van der Waals surface area contributed by atoms with Crippen LogP contribution in [0.2, 0.25) is 0 Å². The maximum atomic E-state index is 8.35. The monoisotopic (exact) mass is 346 g/mol. The maximum absolute atomic E-state index is 8.35. The zero-order valence-corrected chi connectivity index (χ0v) is 14.3. The molecule has 9 heteroatoms. The molecule has 0 spiro atoms. The number of likely N-dealkylation sites (N-methyl/N-ethyl adjacent to an activating group) is 2. The number of nitriles is 5. The molecule has 0 saturated carbocycles. The molecule has 0 fully saturated rings. The molecular weight excluding hydrogens is 326 g/mol. The molecule has 0 heterocycles. The van der Waals surface area contributed by atoms with E-state index in [1.165, 1.54) is 24.8 Å². The van der Waals surface area contributed by atoms with E-state index in [0.717, 1.165) is 26.3 Å². The Bertz CT molecular complexity index is 445. The van der Waals surface area contributed by atoms with Crippen LogP contribution < -0.4 is 0 Å². The summed E-state index contributed by atoms with van der Waals surface area (Å²) in [4.78, 5) is 10.4. The third-order valence-corrected chi connectivity index (χ3v) is 4.63. The van der Waals surface area contributed by atoms with Crippen LogP contribution >= 0.6 is 0 Å².